The maximum Gasteiger partial charge on any atom is 0.303 e. The molecule has 0 saturated carbocycles. The molecule has 0 aliphatic carbocycles. The van der Waals surface area contributed by atoms with E-state index >= 15 is 0 Å². The Morgan fingerprint density at radius 3 is 3.00 bits per heavy atom. The summed E-state index contributed by atoms with van der Waals surface area (Å²) in [5.74, 6) is -0.629. The topological polar surface area (TPSA) is 106 Å². The summed E-state index contributed by atoms with van der Waals surface area (Å²) >= 11 is 0. The van der Waals surface area contributed by atoms with E-state index in [-0.39, 0.29) is 18.2 Å². The van der Waals surface area contributed by atoms with Gasteiger partial charge in [-0.3, -0.25) is 9.59 Å². The number of nitrogens with zero attached hydrogens (tertiary/aromatic N) is 4. The van der Waals surface area contributed by atoms with E-state index in [9.17, 15) is 9.59 Å². The van der Waals surface area contributed by atoms with Crippen LogP contribution in [0.2, 0.25) is 0 Å². The van der Waals surface area contributed by atoms with Crippen LogP contribution in [0.25, 0.3) is 10.4 Å². The maximum absolute atomic E-state index is 11.6. The third kappa shape index (κ3) is 4.74. The van der Waals surface area contributed by atoms with Gasteiger partial charge in [0.25, 0.3) is 0 Å². The number of azide groups is 1. The van der Waals surface area contributed by atoms with Gasteiger partial charge in [-0.2, -0.15) is 0 Å². The van der Waals surface area contributed by atoms with Gasteiger partial charge in [0.15, 0.2) is 0 Å². The minimum atomic E-state index is -0.806. The van der Waals surface area contributed by atoms with E-state index in [1.165, 1.54) is 0 Å². The second-order valence-corrected chi connectivity index (χ2v) is 4.17. The highest BCUT2D eigenvalue weighted by Gasteiger charge is 2.28. The molecule has 1 N–H and O–H groups in total. The molecule has 1 atom stereocenters. The molecule has 7 heteroatoms. The fourth-order valence-corrected chi connectivity index (χ4v) is 1.92. The number of likely N-dealkylation sites (tertiary alicyclic amines) is 1. The fourth-order valence-electron chi connectivity index (χ4n) is 1.92. The number of aliphatic carboxylic acids is 1. The predicted molar refractivity (Wildman–Crippen MR) is 60.2 cm³/mol. The van der Waals surface area contributed by atoms with Gasteiger partial charge >= 0.3 is 5.97 Å². The van der Waals surface area contributed by atoms with E-state index in [2.05, 4.69) is 10.0 Å². The lowest BCUT2D eigenvalue weighted by molar-refractivity contribution is -0.137. The first-order valence-corrected chi connectivity index (χ1v) is 5.64. The lowest BCUT2D eigenvalue weighted by atomic mass is 10.1. The zero-order valence-electron chi connectivity index (χ0n) is 9.58. The molecule has 1 aliphatic rings. The van der Waals surface area contributed by atoms with Crippen molar-refractivity contribution < 1.29 is 14.7 Å². The number of hydrogen-bond donors (Lipinski definition) is 1. The first-order valence-electron chi connectivity index (χ1n) is 5.64. The number of carboxylic acid groups (broad SMARTS) is 1. The lowest BCUT2D eigenvalue weighted by Crippen LogP contribution is -2.26. The zero-order chi connectivity index (χ0) is 12.7. The Balaban J connectivity index is 2.23. The molecule has 7 nitrogen and oxygen atoms in total. The molecule has 1 amide bonds. The minimum absolute atomic E-state index is 0.0680. The van der Waals surface area contributed by atoms with Gasteiger partial charge in [0.2, 0.25) is 5.91 Å². The maximum atomic E-state index is 11.6. The molecule has 0 aromatic rings. The van der Waals surface area contributed by atoms with Crippen molar-refractivity contribution in [1.82, 2.24) is 4.90 Å². The predicted octanol–water partition coefficient (Wildman–Crippen LogP) is 1.40. The summed E-state index contributed by atoms with van der Waals surface area (Å²) in [5, 5.41) is 11.9. The van der Waals surface area contributed by atoms with Gasteiger partial charge in [-0.05, 0) is 24.3 Å². The van der Waals surface area contributed by atoms with Crippen molar-refractivity contribution in [2.45, 2.75) is 25.7 Å². The van der Waals surface area contributed by atoms with Gasteiger partial charge in [0.05, 0.1) is 0 Å². The Morgan fingerprint density at radius 2 is 2.35 bits per heavy atom. The summed E-state index contributed by atoms with van der Waals surface area (Å²) in [6, 6.07) is 0. The van der Waals surface area contributed by atoms with Gasteiger partial charge in [-0.1, -0.05) is 5.11 Å². The van der Waals surface area contributed by atoms with E-state index < -0.39 is 5.97 Å². The smallest absolute Gasteiger partial charge is 0.303 e. The van der Waals surface area contributed by atoms with Crippen LogP contribution in [0.4, 0.5) is 0 Å². The molecule has 94 valence electrons. The van der Waals surface area contributed by atoms with Crippen LogP contribution in [-0.4, -0.2) is 41.5 Å². The number of rotatable bonds is 7. The molecular formula is C10H16N4O3. The van der Waals surface area contributed by atoms with Gasteiger partial charge < -0.3 is 10.0 Å². The average Bonchev–Trinajstić information content (AvgIpc) is 2.62. The highest BCUT2D eigenvalue weighted by atomic mass is 16.4. The van der Waals surface area contributed by atoms with Crippen molar-refractivity contribution in [1.29, 1.82) is 0 Å². The zero-order valence-corrected chi connectivity index (χ0v) is 9.58. The van der Waals surface area contributed by atoms with Gasteiger partial charge in [-0.25, -0.2) is 0 Å². The molecule has 0 aromatic carbocycles. The van der Waals surface area contributed by atoms with Crippen molar-refractivity contribution in [2.75, 3.05) is 19.6 Å². The van der Waals surface area contributed by atoms with Crippen LogP contribution in [0.3, 0.4) is 0 Å². The first kappa shape index (κ1) is 13.3. The SMILES string of the molecule is [N-]=[N+]=NCC1CC(=O)N(CCCCC(=O)O)C1. The molecule has 0 spiro atoms. The average molecular weight is 240 g/mol. The van der Waals surface area contributed by atoms with E-state index in [0.29, 0.717) is 38.9 Å². The summed E-state index contributed by atoms with van der Waals surface area (Å²) in [4.78, 5) is 26.2. The van der Waals surface area contributed by atoms with E-state index in [1.807, 2.05) is 0 Å². The number of unbranched alkanes of at least 4 members (excludes halogenated alkanes) is 1. The molecule has 1 saturated heterocycles. The summed E-state index contributed by atoms with van der Waals surface area (Å²) in [6.45, 7) is 1.57. The van der Waals surface area contributed by atoms with Crippen LogP contribution in [0, 0.1) is 5.92 Å². The van der Waals surface area contributed by atoms with Crippen molar-refractivity contribution in [3.05, 3.63) is 10.4 Å². The number of carbonyl (C=O) groups excluding carboxylic acids is 1. The van der Waals surface area contributed by atoms with Crippen LogP contribution in [0.5, 0.6) is 0 Å². The van der Waals surface area contributed by atoms with Crippen LogP contribution in [-0.2, 0) is 9.59 Å². The quantitative estimate of drug-likeness (QED) is 0.314. The molecule has 1 aliphatic heterocycles. The molecule has 0 aromatic heterocycles. The molecular weight excluding hydrogens is 224 g/mol. The van der Waals surface area contributed by atoms with E-state index in [4.69, 9.17) is 10.6 Å². The summed E-state index contributed by atoms with van der Waals surface area (Å²) in [5.41, 5.74) is 8.19. The number of carbonyl (C=O) groups is 2. The molecule has 0 radical (unpaired) electrons. The molecule has 0 bridgehead atoms. The number of carboxylic acids is 1. The monoisotopic (exact) mass is 240 g/mol. The van der Waals surface area contributed by atoms with Crippen molar-refractivity contribution in [2.24, 2.45) is 11.0 Å². The van der Waals surface area contributed by atoms with Crippen molar-refractivity contribution in [3.63, 3.8) is 0 Å². The Morgan fingerprint density at radius 1 is 1.59 bits per heavy atom. The Labute approximate surface area is 99.0 Å². The third-order valence-electron chi connectivity index (χ3n) is 2.77. The fraction of sp³-hybridized carbons (Fsp3) is 0.800. The molecule has 17 heavy (non-hydrogen) atoms. The van der Waals surface area contributed by atoms with E-state index in [1.54, 1.807) is 4.90 Å². The highest BCUT2D eigenvalue weighted by Crippen LogP contribution is 2.18. The largest absolute Gasteiger partial charge is 0.481 e. The molecule has 1 heterocycles. The first-order chi connectivity index (χ1) is 8.13. The summed E-state index contributed by atoms with van der Waals surface area (Å²) < 4.78 is 0. The van der Waals surface area contributed by atoms with Crippen LogP contribution >= 0.6 is 0 Å². The van der Waals surface area contributed by atoms with Crippen molar-refractivity contribution >= 4 is 11.9 Å². The summed E-state index contributed by atoms with van der Waals surface area (Å²) in [7, 11) is 0. The van der Waals surface area contributed by atoms with Crippen LogP contribution < -0.4 is 0 Å². The van der Waals surface area contributed by atoms with Crippen molar-refractivity contribution in [3.8, 4) is 0 Å². The van der Waals surface area contributed by atoms with Gasteiger partial charge in [0.1, 0.15) is 0 Å². The Hall–Kier alpha value is -1.75. The van der Waals surface area contributed by atoms with E-state index in [0.717, 1.165) is 0 Å². The summed E-state index contributed by atoms with van der Waals surface area (Å²) in [6.07, 6.45) is 1.86. The molecule has 1 fully saturated rings. The number of amides is 1. The standard InChI is InChI=1S/C10H16N4O3/c11-13-12-6-8-5-9(15)14(7-8)4-2-1-3-10(16)17/h8H,1-7H2,(H,16,17). The van der Waals surface area contributed by atoms with Gasteiger partial charge in [-0.15, -0.1) is 0 Å². The third-order valence-corrected chi connectivity index (χ3v) is 2.77. The van der Waals surface area contributed by atoms with Gasteiger partial charge in [0, 0.05) is 37.4 Å². The van der Waals surface area contributed by atoms with Crippen LogP contribution in [0.1, 0.15) is 25.7 Å². The minimum Gasteiger partial charge on any atom is -0.481 e. The second kappa shape index (κ2) is 6.75. The Kier molecular flexibility index (Phi) is 5.29. The number of hydrogen-bond acceptors (Lipinski definition) is 3. The normalized spacial score (nSPS) is 19.2. The highest BCUT2D eigenvalue weighted by molar-refractivity contribution is 5.78. The Bertz CT molecular complexity index is 338. The lowest BCUT2D eigenvalue weighted by Gasteiger charge is -2.15. The molecule has 1 rings (SSSR count). The van der Waals surface area contributed by atoms with Crippen LogP contribution in [0.15, 0.2) is 5.11 Å². The molecule has 1 unspecified atom stereocenters. The second-order valence-electron chi connectivity index (χ2n) is 4.17.